The highest BCUT2D eigenvalue weighted by atomic mass is 16.1. The monoisotopic (exact) mass is 241 g/mol. The van der Waals surface area contributed by atoms with E-state index in [1.165, 1.54) is 11.3 Å². The highest BCUT2D eigenvalue weighted by Crippen LogP contribution is 2.29. The number of primary amides is 1. The quantitative estimate of drug-likeness (QED) is 0.870. The molecule has 3 rings (SSSR count). The number of fused-ring (bicyclic) bond motifs is 1. The summed E-state index contributed by atoms with van der Waals surface area (Å²) in [5, 5.41) is 0. The molecule has 1 amide bonds. The fourth-order valence-electron chi connectivity index (χ4n) is 2.57. The van der Waals surface area contributed by atoms with Crippen LogP contribution in [0.15, 0.2) is 36.8 Å². The molecule has 2 heterocycles. The van der Waals surface area contributed by atoms with Crippen LogP contribution in [-0.4, -0.2) is 15.5 Å². The van der Waals surface area contributed by atoms with E-state index in [1.54, 1.807) is 0 Å². The fourth-order valence-corrected chi connectivity index (χ4v) is 2.57. The molecule has 1 aromatic heterocycles. The summed E-state index contributed by atoms with van der Waals surface area (Å²) >= 11 is 0. The number of nitrogens with zero attached hydrogens (tertiary/aromatic N) is 2. The van der Waals surface area contributed by atoms with E-state index in [0.717, 1.165) is 19.4 Å². The Labute approximate surface area is 105 Å². The predicted octanol–water partition coefficient (Wildman–Crippen LogP) is 1.71. The lowest BCUT2D eigenvalue weighted by molar-refractivity contribution is 0.100. The van der Waals surface area contributed by atoms with Gasteiger partial charge < -0.3 is 10.3 Å². The van der Waals surface area contributed by atoms with E-state index in [1.807, 2.05) is 36.8 Å². The van der Waals surface area contributed by atoms with Crippen molar-refractivity contribution < 1.29 is 4.79 Å². The second-order valence-corrected chi connectivity index (χ2v) is 4.75. The van der Waals surface area contributed by atoms with Gasteiger partial charge >= 0.3 is 0 Å². The Morgan fingerprint density at radius 1 is 1.33 bits per heavy atom. The van der Waals surface area contributed by atoms with E-state index < -0.39 is 0 Å². The second kappa shape index (κ2) is 4.29. The van der Waals surface area contributed by atoms with Crippen LogP contribution in [-0.2, 0) is 13.0 Å². The molecule has 1 atom stereocenters. The zero-order valence-corrected chi connectivity index (χ0v) is 10.0. The Hall–Kier alpha value is -2.10. The molecule has 2 aromatic rings. The summed E-state index contributed by atoms with van der Waals surface area (Å²) in [6, 6.07) is 7.64. The molecular weight excluding hydrogens is 226 g/mol. The van der Waals surface area contributed by atoms with Crippen molar-refractivity contribution in [2.24, 2.45) is 5.73 Å². The van der Waals surface area contributed by atoms with Gasteiger partial charge in [-0.3, -0.25) is 4.79 Å². The van der Waals surface area contributed by atoms with Gasteiger partial charge in [0.15, 0.2) is 0 Å². The van der Waals surface area contributed by atoms with Crippen molar-refractivity contribution in [3.05, 3.63) is 53.6 Å². The van der Waals surface area contributed by atoms with Gasteiger partial charge in [-0.15, -0.1) is 0 Å². The normalized spacial score (nSPS) is 18.3. The maximum atomic E-state index is 11.0. The van der Waals surface area contributed by atoms with Crippen LogP contribution >= 0.6 is 0 Å². The SMILES string of the molecule is NC(=O)c1ccc(C2CCn3cncc3C2)cc1. The Morgan fingerprint density at radius 2 is 2.11 bits per heavy atom. The van der Waals surface area contributed by atoms with Gasteiger partial charge in [0.25, 0.3) is 0 Å². The van der Waals surface area contributed by atoms with Crippen LogP contribution in [0, 0.1) is 0 Å². The van der Waals surface area contributed by atoms with E-state index in [4.69, 9.17) is 5.73 Å². The first-order valence-electron chi connectivity index (χ1n) is 6.13. The summed E-state index contributed by atoms with van der Waals surface area (Å²) in [6.07, 6.45) is 5.95. The van der Waals surface area contributed by atoms with Gasteiger partial charge in [-0.05, 0) is 36.5 Å². The van der Waals surface area contributed by atoms with Crippen LogP contribution < -0.4 is 5.73 Å². The Balaban J connectivity index is 1.82. The minimum atomic E-state index is -0.372. The molecule has 0 spiro atoms. The van der Waals surface area contributed by atoms with E-state index in [-0.39, 0.29) is 5.91 Å². The van der Waals surface area contributed by atoms with Crippen LogP contribution in [0.2, 0.25) is 0 Å². The third kappa shape index (κ3) is 1.90. The molecule has 92 valence electrons. The first-order chi connectivity index (χ1) is 8.74. The van der Waals surface area contributed by atoms with Crippen LogP contribution in [0.25, 0.3) is 0 Å². The van der Waals surface area contributed by atoms with Gasteiger partial charge in [-0.25, -0.2) is 4.98 Å². The summed E-state index contributed by atoms with van der Waals surface area (Å²) in [4.78, 5) is 15.2. The lowest BCUT2D eigenvalue weighted by atomic mass is 9.88. The van der Waals surface area contributed by atoms with E-state index in [2.05, 4.69) is 9.55 Å². The molecule has 0 radical (unpaired) electrons. The van der Waals surface area contributed by atoms with Crippen molar-refractivity contribution >= 4 is 5.91 Å². The molecule has 0 aliphatic carbocycles. The third-order valence-corrected chi connectivity index (χ3v) is 3.64. The number of nitrogens with two attached hydrogens (primary N) is 1. The first kappa shape index (κ1) is 11.0. The number of hydrogen-bond acceptors (Lipinski definition) is 2. The Bertz CT molecular complexity index is 571. The summed E-state index contributed by atoms with van der Waals surface area (Å²) in [7, 11) is 0. The van der Waals surface area contributed by atoms with Gasteiger partial charge in [-0.2, -0.15) is 0 Å². The van der Waals surface area contributed by atoms with E-state index >= 15 is 0 Å². The number of hydrogen-bond donors (Lipinski definition) is 1. The molecule has 0 saturated carbocycles. The largest absolute Gasteiger partial charge is 0.366 e. The van der Waals surface area contributed by atoms with Crippen molar-refractivity contribution in [2.45, 2.75) is 25.3 Å². The Kier molecular flexibility index (Phi) is 2.63. The van der Waals surface area contributed by atoms with Crippen LogP contribution in [0.4, 0.5) is 0 Å². The van der Waals surface area contributed by atoms with Gasteiger partial charge in [0.2, 0.25) is 5.91 Å². The molecule has 1 aliphatic heterocycles. The number of amides is 1. The first-order valence-corrected chi connectivity index (χ1v) is 6.13. The average Bonchev–Trinajstić information content (AvgIpc) is 2.86. The van der Waals surface area contributed by atoms with Crippen molar-refractivity contribution in [3.63, 3.8) is 0 Å². The second-order valence-electron chi connectivity index (χ2n) is 4.75. The predicted molar refractivity (Wildman–Crippen MR) is 68.2 cm³/mol. The number of carbonyl (C=O) groups excluding carboxylic acids is 1. The summed E-state index contributed by atoms with van der Waals surface area (Å²) in [6.45, 7) is 1.01. The van der Waals surface area contributed by atoms with E-state index in [9.17, 15) is 4.79 Å². The van der Waals surface area contributed by atoms with E-state index in [0.29, 0.717) is 11.5 Å². The zero-order chi connectivity index (χ0) is 12.5. The van der Waals surface area contributed by atoms with Crippen molar-refractivity contribution in [1.82, 2.24) is 9.55 Å². The molecule has 0 saturated heterocycles. The maximum absolute atomic E-state index is 11.0. The van der Waals surface area contributed by atoms with Crippen LogP contribution in [0.3, 0.4) is 0 Å². The molecule has 1 unspecified atom stereocenters. The molecular formula is C14H15N3O. The number of carbonyl (C=O) groups is 1. The number of imidazole rings is 1. The van der Waals surface area contributed by atoms with Gasteiger partial charge in [0, 0.05) is 24.0 Å². The Morgan fingerprint density at radius 3 is 2.83 bits per heavy atom. The highest BCUT2D eigenvalue weighted by Gasteiger charge is 2.20. The molecule has 2 N–H and O–H groups in total. The topological polar surface area (TPSA) is 60.9 Å². The average molecular weight is 241 g/mol. The molecule has 4 nitrogen and oxygen atoms in total. The van der Waals surface area contributed by atoms with Crippen molar-refractivity contribution in [3.8, 4) is 0 Å². The zero-order valence-electron chi connectivity index (χ0n) is 10.0. The molecule has 18 heavy (non-hydrogen) atoms. The minimum absolute atomic E-state index is 0.372. The fraction of sp³-hybridized carbons (Fsp3) is 0.286. The number of benzene rings is 1. The molecule has 1 aliphatic rings. The molecule has 4 heteroatoms. The number of aromatic nitrogens is 2. The number of aryl methyl sites for hydroxylation is 1. The van der Waals surface area contributed by atoms with Crippen molar-refractivity contribution in [2.75, 3.05) is 0 Å². The molecule has 0 bridgehead atoms. The lowest BCUT2D eigenvalue weighted by Crippen LogP contribution is -2.17. The smallest absolute Gasteiger partial charge is 0.248 e. The van der Waals surface area contributed by atoms with Gasteiger partial charge in [0.05, 0.1) is 6.33 Å². The molecule has 0 fully saturated rings. The number of rotatable bonds is 2. The molecule has 1 aromatic carbocycles. The summed E-state index contributed by atoms with van der Waals surface area (Å²) in [5.74, 6) is 0.138. The van der Waals surface area contributed by atoms with Gasteiger partial charge in [-0.1, -0.05) is 12.1 Å². The minimum Gasteiger partial charge on any atom is -0.366 e. The maximum Gasteiger partial charge on any atom is 0.248 e. The van der Waals surface area contributed by atoms with Crippen LogP contribution in [0.1, 0.15) is 34.0 Å². The van der Waals surface area contributed by atoms with Gasteiger partial charge in [0.1, 0.15) is 0 Å². The summed E-state index contributed by atoms with van der Waals surface area (Å²) < 4.78 is 2.20. The third-order valence-electron chi connectivity index (χ3n) is 3.64. The lowest BCUT2D eigenvalue weighted by Gasteiger charge is -2.24. The summed E-state index contributed by atoms with van der Waals surface area (Å²) in [5.41, 5.74) is 8.36. The highest BCUT2D eigenvalue weighted by molar-refractivity contribution is 5.92. The standard InChI is InChI=1S/C14H15N3O/c15-14(18)11-3-1-10(2-4-11)12-5-6-17-9-16-8-13(17)7-12/h1-4,8-9,12H,5-7H2,(H2,15,18). The van der Waals surface area contributed by atoms with Crippen LogP contribution in [0.5, 0.6) is 0 Å². The van der Waals surface area contributed by atoms with Crippen molar-refractivity contribution in [1.29, 1.82) is 0 Å².